The van der Waals surface area contributed by atoms with Gasteiger partial charge in [0.05, 0.1) is 0 Å². The van der Waals surface area contributed by atoms with Crippen molar-refractivity contribution in [2.24, 2.45) is 11.3 Å². The SMILES string of the molecule is C=O.CC.CC1CC2(CCCC(=O)CC2)C1. The van der Waals surface area contributed by atoms with E-state index in [1.54, 1.807) is 0 Å². The summed E-state index contributed by atoms with van der Waals surface area (Å²) in [5.74, 6) is 1.43. The van der Waals surface area contributed by atoms with Crippen LogP contribution in [0.15, 0.2) is 0 Å². The lowest BCUT2D eigenvalue weighted by Crippen LogP contribution is -2.35. The van der Waals surface area contributed by atoms with Gasteiger partial charge in [0.15, 0.2) is 0 Å². The first-order chi connectivity index (χ1) is 7.70. The maximum Gasteiger partial charge on any atom is 0.132 e. The molecule has 2 aliphatic carbocycles. The van der Waals surface area contributed by atoms with E-state index in [1.165, 1.54) is 25.7 Å². The Balaban J connectivity index is 0.000000509. The standard InChI is InChI=1S/C11H18O.C2H6.CH2O/c1-9-7-11(8-9)5-2-3-10(12)4-6-11;2*1-2/h9H,2-8H2,1H3;1-2H3;1H2. The van der Waals surface area contributed by atoms with E-state index in [9.17, 15) is 4.79 Å². The number of carbonyl (C=O) groups excluding carboxylic acids is 2. The first-order valence-electron chi connectivity index (χ1n) is 6.51. The molecule has 0 heterocycles. The van der Waals surface area contributed by atoms with Crippen LogP contribution in [0.2, 0.25) is 0 Å². The zero-order chi connectivity index (χ0) is 12.6. The van der Waals surface area contributed by atoms with Gasteiger partial charge < -0.3 is 4.79 Å². The van der Waals surface area contributed by atoms with Gasteiger partial charge in [-0.25, -0.2) is 0 Å². The number of hydrogen-bond acceptors (Lipinski definition) is 2. The van der Waals surface area contributed by atoms with Crippen molar-refractivity contribution in [3.05, 3.63) is 0 Å². The second-order valence-electron chi connectivity index (χ2n) is 4.91. The minimum absolute atomic E-state index is 0.506. The Morgan fingerprint density at radius 2 is 1.69 bits per heavy atom. The molecule has 0 aromatic heterocycles. The topological polar surface area (TPSA) is 34.1 Å². The van der Waals surface area contributed by atoms with Gasteiger partial charge in [0.2, 0.25) is 0 Å². The molecule has 0 radical (unpaired) electrons. The molecule has 0 atom stereocenters. The molecule has 2 nitrogen and oxygen atoms in total. The van der Waals surface area contributed by atoms with Gasteiger partial charge in [-0.05, 0) is 43.4 Å². The predicted octanol–water partition coefficient (Wildman–Crippen LogP) is 3.78. The lowest BCUT2D eigenvalue weighted by atomic mass is 9.59. The van der Waals surface area contributed by atoms with E-state index in [1.807, 2.05) is 20.6 Å². The molecule has 2 rings (SSSR count). The normalized spacial score (nSPS) is 32.4. The molecule has 16 heavy (non-hydrogen) atoms. The van der Waals surface area contributed by atoms with Crippen LogP contribution >= 0.6 is 0 Å². The Bertz CT molecular complexity index is 205. The molecular weight excluding hydrogens is 200 g/mol. The largest absolute Gasteiger partial charge is 0.307 e. The zero-order valence-corrected chi connectivity index (χ0v) is 11.1. The van der Waals surface area contributed by atoms with Crippen LogP contribution in [0.3, 0.4) is 0 Å². The minimum Gasteiger partial charge on any atom is -0.307 e. The van der Waals surface area contributed by atoms with E-state index in [2.05, 4.69) is 6.92 Å². The van der Waals surface area contributed by atoms with Crippen molar-refractivity contribution in [3.8, 4) is 0 Å². The zero-order valence-electron chi connectivity index (χ0n) is 11.1. The van der Waals surface area contributed by atoms with Crippen molar-refractivity contribution < 1.29 is 9.59 Å². The van der Waals surface area contributed by atoms with Gasteiger partial charge in [0.25, 0.3) is 0 Å². The van der Waals surface area contributed by atoms with Crippen LogP contribution in [0.4, 0.5) is 0 Å². The molecule has 0 aromatic carbocycles. The highest BCUT2D eigenvalue weighted by Gasteiger charge is 2.42. The van der Waals surface area contributed by atoms with Crippen molar-refractivity contribution in [2.75, 3.05) is 0 Å². The molecule has 0 amide bonds. The molecular formula is C14H26O2. The van der Waals surface area contributed by atoms with Gasteiger partial charge in [-0.2, -0.15) is 0 Å². The van der Waals surface area contributed by atoms with Crippen LogP contribution in [0.25, 0.3) is 0 Å². The Labute approximate surface area is 99.8 Å². The average Bonchev–Trinajstić information content (AvgIpc) is 2.47. The fourth-order valence-corrected chi connectivity index (χ4v) is 3.14. The summed E-state index contributed by atoms with van der Waals surface area (Å²) in [7, 11) is 0. The van der Waals surface area contributed by atoms with Crippen molar-refractivity contribution in [2.45, 2.75) is 65.7 Å². The molecule has 1 spiro atoms. The summed E-state index contributed by atoms with van der Waals surface area (Å²) in [6, 6.07) is 0. The number of Topliss-reactive ketones (excluding diaryl/α,β-unsaturated/α-hetero) is 1. The maximum absolute atomic E-state index is 11.2. The molecule has 0 N–H and O–H groups in total. The van der Waals surface area contributed by atoms with Gasteiger partial charge >= 0.3 is 0 Å². The molecule has 2 heteroatoms. The van der Waals surface area contributed by atoms with Crippen molar-refractivity contribution in [1.82, 2.24) is 0 Å². The van der Waals surface area contributed by atoms with Crippen LogP contribution in [-0.4, -0.2) is 12.6 Å². The van der Waals surface area contributed by atoms with Crippen molar-refractivity contribution in [3.63, 3.8) is 0 Å². The first-order valence-corrected chi connectivity index (χ1v) is 6.51. The Hall–Kier alpha value is -0.660. The third kappa shape index (κ3) is 4.07. The van der Waals surface area contributed by atoms with E-state index in [0.717, 1.165) is 25.2 Å². The molecule has 2 saturated carbocycles. The van der Waals surface area contributed by atoms with Gasteiger partial charge in [-0.15, -0.1) is 0 Å². The van der Waals surface area contributed by atoms with E-state index >= 15 is 0 Å². The fraction of sp³-hybridized carbons (Fsp3) is 0.857. The Morgan fingerprint density at radius 1 is 1.12 bits per heavy atom. The monoisotopic (exact) mass is 226 g/mol. The second-order valence-corrected chi connectivity index (χ2v) is 4.91. The van der Waals surface area contributed by atoms with Crippen LogP contribution in [0, 0.1) is 11.3 Å². The highest BCUT2D eigenvalue weighted by Crippen LogP contribution is 2.53. The van der Waals surface area contributed by atoms with Gasteiger partial charge in [-0.3, -0.25) is 4.79 Å². The maximum atomic E-state index is 11.2. The Morgan fingerprint density at radius 3 is 2.19 bits per heavy atom. The van der Waals surface area contributed by atoms with Crippen LogP contribution in [0.1, 0.15) is 65.7 Å². The number of rotatable bonds is 0. The number of ketones is 1. The molecule has 2 aliphatic rings. The average molecular weight is 226 g/mol. The molecule has 94 valence electrons. The highest BCUT2D eigenvalue weighted by atomic mass is 16.1. The van der Waals surface area contributed by atoms with E-state index in [-0.39, 0.29) is 0 Å². The molecule has 0 bridgehead atoms. The smallest absolute Gasteiger partial charge is 0.132 e. The third-order valence-electron chi connectivity index (χ3n) is 3.66. The van der Waals surface area contributed by atoms with Crippen LogP contribution < -0.4 is 0 Å². The summed E-state index contributed by atoms with van der Waals surface area (Å²) in [5, 5.41) is 0. The predicted molar refractivity (Wildman–Crippen MR) is 67.4 cm³/mol. The first kappa shape index (κ1) is 15.3. The van der Waals surface area contributed by atoms with E-state index < -0.39 is 0 Å². The quantitative estimate of drug-likeness (QED) is 0.630. The fourth-order valence-electron chi connectivity index (χ4n) is 3.14. The number of carbonyl (C=O) groups is 2. The lowest BCUT2D eigenvalue weighted by molar-refractivity contribution is -0.119. The summed E-state index contributed by atoms with van der Waals surface area (Å²) >= 11 is 0. The lowest BCUT2D eigenvalue weighted by Gasteiger charge is -2.46. The summed E-state index contributed by atoms with van der Waals surface area (Å²) in [6.45, 7) is 8.33. The van der Waals surface area contributed by atoms with E-state index in [0.29, 0.717) is 11.2 Å². The minimum atomic E-state index is 0.506. The molecule has 0 saturated heterocycles. The third-order valence-corrected chi connectivity index (χ3v) is 3.66. The Kier molecular flexibility index (Phi) is 7.27. The van der Waals surface area contributed by atoms with Gasteiger partial charge in [0, 0.05) is 12.8 Å². The van der Waals surface area contributed by atoms with E-state index in [4.69, 9.17) is 4.79 Å². The molecule has 2 fully saturated rings. The summed E-state index contributed by atoms with van der Waals surface area (Å²) in [6.07, 6.45) is 8.17. The molecule has 0 aromatic rings. The summed E-state index contributed by atoms with van der Waals surface area (Å²) < 4.78 is 0. The van der Waals surface area contributed by atoms with Crippen LogP contribution in [0.5, 0.6) is 0 Å². The summed E-state index contributed by atoms with van der Waals surface area (Å²) in [4.78, 5) is 19.2. The second kappa shape index (κ2) is 7.59. The highest BCUT2D eigenvalue weighted by molar-refractivity contribution is 5.78. The summed E-state index contributed by atoms with van der Waals surface area (Å²) in [5.41, 5.74) is 0.617. The van der Waals surface area contributed by atoms with Gasteiger partial charge in [-0.1, -0.05) is 20.8 Å². The van der Waals surface area contributed by atoms with Crippen molar-refractivity contribution >= 4 is 12.6 Å². The van der Waals surface area contributed by atoms with Crippen LogP contribution in [-0.2, 0) is 9.59 Å². The van der Waals surface area contributed by atoms with Gasteiger partial charge in [0.1, 0.15) is 12.6 Å². The molecule has 0 aliphatic heterocycles. The number of hydrogen-bond donors (Lipinski definition) is 0. The van der Waals surface area contributed by atoms with Crippen molar-refractivity contribution in [1.29, 1.82) is 0 Å². The molecule has 0 unspecified atom stereocenters.